The van der Waals surface area contributed by atoms with Crippen LogP contribution in [0.1, 0.15) is 5.69 Å². The smallest absolute Gasteiger partial charge is 0.475 e. The fourth-order valence-electron chi connectivity index (χ4n) is 4.15. The topological polar surface area (TPSA) is 186 Å². The van der Waals surface area contributed by atoms with Crippen molar-refractivity contribution in [2.75, 3.05) is 55.8 Å². The van der Waals surface area contributed by atoms with Crippen LogP contribution in [0.3, 0.4) is 0 Å². The zero-order valence-corrected chi connectivity index (χ0v) is 24.7. The van der Waals surface area contributed by atoms with Crippen molar-refractivity contribution >= 4 is 58.1 Å². The predicted octanol–water partition coefficient (Wildman–Crippen LogP) is 4.58. The highest BCUT2D eigenvalue weighted by Gasteiger charge is 2.38. The first-order chi connectivity index (χ1) is 21.3. The number of nitrogens with two attached hydrogens (primary N) is 1. The lowest BCUT2D eigenvalue weighted by atomic mass is 10.1. The quantitative estimate of drug-likeness (QED) is 0.110. The Hall–Kier alpha value is -4.45. The number of hydrogen-bond acceptors (Lipinski definition) is 11. The summed E-state index contributed by atoms with van der Waals surface area (Å²) in [6, 6.07) is 10.0. The number of benzene rings is 1. The number of carboxylic acids is 1. The van der Waals surface area contributed by atoms with Gasteiger partial charge in [0.25, 0.3) is 0 Å². The van der Waals surface area contributed by atoms with E-state index in [2.05, 4.69) is 20.5 Å². The lowest BCUT2D eigenvalue weighted by Gasteiger charge is -2.25. The highest BCUT2D eigenvalue weighted by Crippen LogP contribution is 2.31. The van der Waals surface area contributed by atoms with Gasteiger partial charge in [0.2, 0.25) is 11.8 Å². The van der Waals surface area contributed by atoms with Crippen molar-refractivity contribution in [1.82, 2.24) is 24.3 Å². The molecular formula is C26H26Cl2F3N9O5. The number of aliphatic carboxylic acids is 1. The van der Waals surface area contributed by atoms with Gasteiger partial charge < -0.3 is 26.2 Å². The van der Waals surface area contributed by atoms with Gasteiger partial charge in [-0.15, -0.1) is 0 Å². The molecule has 3 aromatic heterocycles. The fourth-order valence-corrected chi connectivity index (χ4v) is 4.65. The van der Waals surface area contributed by atoms with Crippen LogP contribution in [-0.2, 0) is 16.1 Å². The van der Waals surface area contributed by atoms with Crippen LogP contribution >= 0.6 is 23.2 Å². The zero-order valence-electron chi connectivity index (χ0n) is 23.2. The molecule has 45 heavy (non-hydrogen) atoms. The molecule has 5 N–H and O–H groups in total. The van der Waals surface area contributed by atoms with E-state index >= 15 is 0 Å². The van der Waals surface area contributed by atoms with Gasteiger partial charge in [-0.05, 0) is 24.3 Å². The van der Waals surface area contributed by atoms with Gasteiger partial charge in [0.1, 0.15) is 11.5 Å². The SMILES string of the molecule is Nc1nc(NCCNc2nc(-c3ccc(Cl)cc3Cl)cc3nc(CN4CCOCC4)cn23)ccc1[N+](=O)[O-].O=C(O)C(F)(F)F. The molecule has 1 aliphatic heterocycles. The summed E-state index contributed by atoms with van der Waals surface area (Å²) in [5.41, 5.74) is 8.49. The molecule has 5 rings (SSSR count). The van der Waals surface area contributed by atoms with Gasteiger partial charge in [0, 0.05) is 61.6 Å². The van der Waals surface area contributed by atoms with Crippen LogP contribution in [-0.4, -0.2) is 85.8 Å². The number of morpholine rings is 1. The molecule has 1 aromatic carbocycles. The van der Waals surface area contributed by atoms with E-state index in [9.17, 15) is 23.3 Å². The maximum absolute atomic E-state index is 11.0. The highest BCUT2D eigenvalue weighted by molar-refractivity contribution is 6.36. The van der Waals surface area contributed by atoms with E-state index in [-0.39, 0.29) is 11.5 Å². The van der Waals surface area contributed by atoms with Crippen molar-refractivity contribution in [2.24, 2.45) is 0 Å². The lowest BCUT2D eigenvalue weighted by Crippen LogP contribution is -2.35. The molecule has 19 heteroatoms. The van der Waals surface area contributed by atoms with Crippen LogP contribution in [0.4, 0.5) is 36.4 Å². The first-order valence-electron chi connectivity index (χ1n) is 13.1. The van der Waals surface area contributed by atoms with Crippen LogP contribution in [0.2, 0.25) is 10.0 Å². The number of nitrogen functional groups attached to an aromatic ring is 1. The van der Waals surface area contributed by atoms with Gasteiger partial charge in [0.05, 0.1) is 34.5 Å². The van der Waals surface area contributed by atoms with E-state index in [1.54, 1.807) is 12.1 Å². The Labute approximate surface area is 263 Å². The van der Waals surface area contributed by atoms with Crippen LogP contribution < -0.4 is 16.4 Å². The maximum atomic E-state index is 11.0. The molecule has 0 saturated carbocycles. The number of nitrogens with one attached hydrogen (secondary N) is 2. The maximum Gasteiger partial charge on any atom is 0.490 e. The normalized spacial score (nSPS) is 13.6. The molecule has 1 aliphatic rings. The predicted molar refractivity (Wildman–Crippen MR) is 161 cm³/mol. The number of imidazole rings is 1. The van der Waals surface area contributed by atoms with E-state index < -0.39 is 17.1 Å². The molecule has 0 aliphatic carbocycles. The van der Waals surface area contributed by atoms with Crippen molar-refractivity contribution < 1.29 is 32.7 Å². The minimum atomic E-state index is -5.08. The Kier molecular flexibility index (Phi) is 10.8. The number of carbonyl (C=O) groups is 1. The Morgan fingerprint density at radius 2 is 1.78 bits per heavy atom. The first kappa shape index (κ1) is 33.4. The molecule has 0 atom stereocenters. The van der Waals surface area contributed by atoms with E-state index in [0.29, 0.717) is 60.4 Å². The highest BCUT2D eigenvalue weighted by atomic mass is 35.5. The minimum Gasteiger partial charge on any atom is -0.475 e. The number of alkyl halides is 3. The Morgan fingerprint density at radius 1 is 1.09 bits per heavy atom. The van der Waals surface area contributed by atoms with E-state index in [1.807, 2.05) is 22.7 Å². The number of aromatic nitrogens is 4. The summed E-state index contributed by atoms with van der Waals surface area (Å²) < 4.78 is 39.1. The zero-order chi connectivity index (χ0) is 32.7. The number of rotatable bonds is 9. The standard InChI is InChI=1S/C24H25Cl2N9O3.C2HF3O2/c25-15-1-2-17(18(26)11-15)19-12-22-30-16(13-33-7-9-38-10-8-33)14-34(22)24(31-19)29-6-5-28-21-4-3-20(35(36)37)23(27)32-21;3-2(4,5)1(6)7/h1-4,11-12,14H,5-10,13H2,(H,29,31)(H3,27,28,32);(H,6,7). The third-order valence-corrected chi connectivity index (χ3v) is 6.80. The second-order valence-corrected chi connectivity index (χ2v) is 10.3. The number of anilines is 3. The number of nitro groups is 1. The second-order valence-electron chi connectivity index (χ2n) is 9.45. The van der Waals surface area contributed by atoms with Crippen LogP contribution in [0.15, 0.2) is 42.6 Å². The first-order valence-corrected chi connectivity index (χ1v) is 13.9. The van der Waals surface area contributed by atoms with E-state index in [1.165, 1.54) is 12.1 Å². The fraction of sp³-hybridized carbons (Fsp3) is 0.308. The molecular weight excluding hydrogens is 646 g/mol. The van der Waals surface area contributed by atoms with Gasteiger partial charge in [-0.25, -0.2) is 19.7 Å². The van der Waals surface area contributed by atoms with Crippen LogP contribution in [0, 0.1) is 10.1 Å². The van der Waals surface area contributed by atoms with E-state index in [0.717, 1.165) is 30.0 Å². The number of carboxylic acid groups (broad SMARTS) is 1. The van der Waals surface area contributed by atoms with Gasteiger partial charge in [-0.1, -0.05) is 23.2 Å². The third kappa shape index (κ3) is 9.04. The lowest BCUT2D eigenvalue weighted by molar-refractivity contribution is -0.384. The summed E-state index contributed by atoms with van der Waals surface area (Å²) in [4.78, 5) is 35.3. The number of hydrogen-bond donors (Lipinski definition) is 4. The molecule has 1 saturated heterocycles. The van der Waals surface area contributed by atoms with Gasteiger partial charge >= 0.3 is 17.8 Å². The Balaban J connectivity index is 0.000000591. The molecule has 0 bridgehead atoms. The number of nitrogens with zero attached hydrogens (tertiary/aromatic N) is 6. The average molecular weight is 672 g/mol. The van der Waals surface area contributed by atoms with Crippen molar-refractivity contribution in [2.45, 2.75) is 12.7 Å². The van der Waals surface area contributed by atoms with Crippen molar-refractivity contribution in [3.63, 3.8) is 0 Å². The molecule has 0 amide bonds. The van der Waals surface area contributed by atoms with E-state index in [4.69, 9.17) is 53.5 Å². The third-order valence-electron chi connectivity index (χ3n) is 6.26. The molecule has 0 unspecified atom stereocenters. The Bertz CT molecular complexity index is 1680. The molecule has 4 aromatic rings. The number of halogens is 5. The number of ether oxygens (including phenoxy) is 1. The monoisotopic (exact) mass is 671 g/mol. The molecule has 0 radical (unpaired) electrons. The largest absolute Gasteiger partial charge is 0.490 e. The van der Waals surface area contributed by atoms with Crippen LogP contribution in [0.25, 0.3) is 16.9 Å². The van der Waals surface area contributed by atoms with Gasteiger partial charge in [-0.3, -0.25) is 19.4 Å². The number of fused-ring (bicyclic) bond motifs is 1. The molecule has 14 nitrogen and oxygen atoms in total. The van der Waals surface area contributed by atoms with Crippen molar-refractivity contribution in [1.29, 1.82) is 0 Å². The molecule has 0 spiro atoms. The molecule has 240 valence electrons. The minimum absolute atomic E-state index is 0.143. The summed E-state index contributed by atoms with van der Waals surface area (Å²) >= 11 is 12.6. The summed E-state index contributed by atoms with van der Waals surface area (Å²) in [5.74, 6) is -1.88. The Morgan fingerprint density at radius 3 is 2.40 bits per heavy atom. The summed E-state index contributed by atoms with van der Waals surface area (Å²) in [6.07, 6.45) is -3.11. The summed E-state index contributed by atoms with van der Waals surface area (Å²) in [5, 5.41) is 25.6. The second kappa shape index (κ2) is 14.6. The number of pyridine rings is 1. The average Bonchev–Trinajstić information content (AvgIpc) is 3.38. The summed E-state index contributed by atoms with van der Waals surface area (Å²) in [6.45, 7) is 4.76. The van der Waals surface area contributed by atoms with Crippen molar-refractivity contribution in [3.8, 4) is 11.3 Å². The van der Waals surface area contributed by atoms with Crippen molar-refractivity contribution in [3.05, 3.63) is 68.4 Å². The van der Waals surface area contributed by atoms with Crippen LogP contribution in [0.5, 0.6) is 0 Å². The van der Waals surface area contributed by atoms with Gasteiger partial charge in [-0.2, -0.15) is 13.2 Å². The molecule has 1 fully saturated rings. The van der Waals surface area contributed by atoms with Gasteiger partial charge in [0.15, 0.2) is 0 Å². The summed E-state index contributed by atoms with van der Waals surface area (Å²) in [7, 11) is 0. The molecule has 4 heterocycles.